The number of ether oxygens (including phenoxy) is 3. The van der Waals surface area contributed by atoms with Crippen LogP contribution in [0.25, 0.3) is 6.08 Å². The van der Waals surface area contributed by atoms with Gasteiger partial charge in [-0.05, 0) is 54.6 Å². The number of esters is 1. The molecule has 1 heterocycles. The highest BCUT2D eigenvalue weighted by atomic mass is 35.5. The molecule has 1 N–H and O–H groups in total. The van der Waals surface area contributed by atoms with Gasteiger partial charge in [0, 0.05) is 0 Å². The van der Waals surface area contributed by atoms with E-state index in [1.54, 1.807) is 49.4 Å². The molecule has 1 fully saturated rings. The first-order chi connectivity index (χ1) is 16.3. The number of benzene rings is 2. The summed E-state index contributed by atoms with van der Waals surface area (Å²) in [5, 5.41) is 2.37. The standard InChI is InChI=1S/C23H21ClN2O7S/c1-3-32-18-10-14(8-9-17(18)33-13-21(28)31-2)11-19-22(29)26(23(30)34-19)12-20(27)25-16-7-5-4-6-15(16)24/h4-11H,3,12-13H2,1-2H3,(H,25,27)/b19-11+. The van der Waals surface area contributed by atoms with Crippen molar-refractivity contribution < 1.29 is 33.4 Å². The third-order valence-electron chi connectivity index (χ3n) is 4.46. The third kappa shape index (κ3) is 6.30. The molecule has 2 aromatic rings. The van der Waals surface area contributed by atoms with Gasteiger partial charge in [-0.15, -0.1) is 0 Å². The van der Waals surface area contributed by atoms with Crippen molar-refractivity contribution in [1.29, 1.82) is 0 Å². The number of hydrogen-bond acceptors (Lipinski definition) is 8. The number of rotatable bonds is 9. The molecular formula is C23H21ClN2O7S. The van der Waals surface area contributed by atoms with Crippen molar-refractivity contribution >= 4 is 58.1 Å². The van der Waals surface area contributed by atoms with Crippen LogP contribution in [0.1, 0.15) is 12.5 Å². The van der Waals surface area contributed by atoms with Gasteiger partial charge < -0.3 is 19.5 Å². The van der Waals surface area contributed by atoms with Crippen LogP contribution in [-0.4, -0.2) is 54.8 Å². The summed E-state index contributed by atoms with van der Waals surface area (Å²) >= 11 is 6.75. The summed E-state index contributed by atoms with van der Waals surface area (Å²) in [6.45, 7) is 1.40. The van der Waals surface area contributed by atoms with Gasteiger partial charge in [-0.25, -0.2) is 4.79 Å². The molecule has 0 saturated carbocycles. The molecule has 34 heavy (non-hydrogen) atoms. The predicted molar refractivity (Wildman–Crippen MR) is 128 cm³/mol. The van der Waals surface area contributed by atoms with Crippen LogP contribution in [0.2, 0.25) is 5.02 Å². The summed E-state index contributed by atoms with van der Waals surface area (Å²) in [5.74, 6) is -0.998. The normalized spacial score (nSPS) is 14.3. The third-order valence-corrected chi connectivity index (χ3v) is 5.70. The minimum absolute atomic E-state index is 0.154. The van der Waals surface area contributed by atoms with E-state index in [1.165, 1.54) is 13.2 Å². The van der Waals surface area contributed by atoms with Crippen LogP contribution in [0.3, 0.4) is 0 Å². The molecule has 0 unspecified atom stereocenters. The van der Waals surface area contributed by atoms with E-state index in [0.29, 0.717) is 34.4 Å². The van der Waals surface area contributed by atoms with Crippen LogP contribution in [-0.2, 0) is 19.1 Å². The number of anilines is 1. The summed E-state index contributed by atoms with van der Waals surface area (Å²) in [7, 11) is 1.26. The van der Waals surface area contributed by atoms with E-state index >= 15 is 0 Å². The molecule has 1 aliphatic rings. The van der Waals surface area contributed by atoms with Crippen LogP contribution in [0, 0.1) is 0 Å². The number of para-hydroxylation sites is 1. The van der Waals surface area contributed by atoms with Crippen molar-refractivity contribution in [1.82, 2.24) is 4.90 Å². The van der Waals surface area contributed by atoms with Crippen LogP contribution in [0.15, 0.2) is 47.4 Å². The Morgan fingerprint density at radius 2 is 1.88 bits per heavy atom. The molecule has 0 atom stereocenters. The lowest BCUT2D eigenvalue weighted by atomic mass is 10.2. The van der Waals surface area contributed by atoms with Crippen LogP contribution >= 0.6 is 23.4 Å². The Morgan fingerprint density at radius 1 is 1.12 bits per heavy atom. The number of halogens is 1. The van der Waals surface area contributed by atoms with E-state index in [4.69, 9.17) is 21.1 Å². The quantitative estimate of drug-likeness (QED) is 0.403. The second-order valence-electron chi connectivity index (χ2n) is 6.80. The fourth-order valence-electron chi connectivity index (χ4n) is 2.88. The number of methoxy groups -OCH3 is 1. The topological polar surface area (TPSA) is 111 Å². The SMILES string of the molecule is CCOc1cc(/C=C2/SC(=O)N(CC(=O)Nc3ccccc3Cl)C2=O)ccc1OCC(=O)OC. The van der Waals surface area contributed by atoms with Crippen LogP contribution in [0.5, 0.6) is 11.5 Å². The van der Waals surface area contributed by atoms with Gasteiger partial charge in [-0.2, -0.15) is 0 Å². The first kappa shape index (κ1) is 25.1. The Labute approximate surface area is 205 Å². The summed E-state index contributed by atoms with van der Waals surface area (Å²) in [6, 6.07) is 11.5. The zero-order valence-electron chi connectivity index (χ0n) is 18.3. The van der Waals surface area contributed by atoms with Crippen LogP contribution in [0.4, 0.5) is 10.5 Å². The van der Waals surface area contributed by atoms with Gasteiger partial charge in [-0.1, -0.05) is 29.8 Å². The number of nitrogens with one attached hydrogen (secondary N) is 1. The van der Waals surface area contributed by atoms with Gasteiger partial charge >= 0.3 is 5.97 Å². The van der Waals surface area contributed by atoms with Gasteiger partial charge in [0.2, 0.25) is 5.91 Å². The van der Waals surface area contributed by atoms with Gasteiger partial charge in [0.05, 0.1) is 29.3 Å². The fourth-order valence-corrected chi connectivity index (χ4v) is 3.90. The van der Waals surface area contributed by atoms with E-state index in [9.17, 15) is 19.2 Å². The zero-order chi connectivity index (χ0) is 24.7. The average molecular weight is 505 g/mol. The smallest absolute Gasteiger partial charge is 0.343 e. The molecule has 1 aliphatic heterocycles. The highest BCUT2D eigenvalue weighted by Gasteiger charge is 2.36. The Bertz CT molecular complexity index is 1150. The average Bonchev–Trinajstić information content (AvgIpc) is 3.07. The van der Waals surface area contributed by atoms with E-state index < -0.39 is 29.6 Å². The summed E-state index contributed by atoms with van der Waals surface area (Å²) in [5.41, 5.74) is 0.953. The Kier molecular flexibility index (Phi) is 8.55. The van der Waals surface area contributed by atoms with Gasteiger partial charge in [0.25, 0.3) is 11.1 Å². The minimum Gasteiger partial charge on any atom is -0.490 e. The second-order valence-corrected chi connectivity index (χ2v) is 8.20. The number of hydrogen-bond donors (Lipinski definition) is 1. The summed E-state index contributed by atoms with van der Waals surface area (Å²) in [4.78, 5) is 49.8. The van der Waals surface area contributed by atoms with Crippen molar-refractivity contribution in [3.63, 3.8) is 0 Å². The molecule has 0 aromatic heterocycles. The van der Waals surface area contributed by atoms with E-state index in [0.717, 1.165) is 16.7 Å². The maximum Gasteiger partial charge on any atom is 0.343 e. The highest BCUT2D eigenvalue weighted by molar-refractivity contribution is 8.18. The molecule has 0 spiro atoms. The molecule has 0 radical (unpaired) electrons. The molecule has 1 saturated heterocycles. The molecule has 178 valence electrons. The maximum absolute atomic E-state index is 12.8. The van der Waals surface area contributed by atoms with Crippen LogP contribution < -0.4 is 14.8 Å². The second kappa shape index (κ2) is 11.6. The van der Waals surface area contributed by atoms with E-state index in [-0.39, 0.29) is 11.5 Å². The number of thioether (sulfide) groups is 1. The van der Waals surface area contributed by atoms with Gasteiger partial charge in [0.1, 0.15) is 6.54 Å². The molecule has 0 bridgehead atoms. The van der Waals surface area contributed by atoms with Crippen molar-refractivity contribution in [3.8, 4) is 11.5 Å². The lowest BCUT2D eigenvalue weighted by Crippen LogP contribution is -2.36. The highest BCUT2D eigenvalue weighted by Crippen LogP contribution is 2.34. The zero-order valence-corrected chi connectivity index (χ0v) is 19.9. The molecule has 2 aromatic carbocycles. The monoisotopic (exact) mass is 504 g/mol. The lowest BCUT2D eigenvalue weighted by Gasteiger charge is -2.13. The van der Waals surface area contributed by atoms with Gasteiger partial charge in [0.15, 0.2) is 18.1 Å². The summed E-state index contributed by atoms with van der Waals surface area (Å²) < 4.78 is 15.5. The summed E-state index contributed by atoms with van der Waals surface area (Å²) in [6.07, 6.45) is 1.52. The van der Waals surface area contributed by atoms with Crippen molar-refractivity contribution in [3.05, 3.63) is 58.0 Å². The number of nitrogens with zero attached hydrogens (tertiary/aromatic N) is 1. The Balaban J connectivity index is 1.72. The molecular weight excluding hydrogens is 484 g/mol. The number of carbonyl (C=O) groups is 4. The van der Waals surface area contributed by atoms with Gasteiger partial charge in [-0.3, -0.25) is 19.3 Å². The first-order valence-electron chi connectivity index (χ1n) is 10.1. The molecule has 9 nitrogen and oxygen atoms in total. The van der Waals surface area contributed by atoms with Crippen molar-refractivity contribution in [2.24, 2.45) is 0 Å². The Hall–Kier alpha value is -3.50. The molecule has 3 rings (SSSR count). The fraction of sp³-hybridized carbons (Fsp3) is 0.217. The molecule has 0 aliphatic carbocycles. The minimum atomic E-state index is -0.590. The maximum atomic E-state index is 12.8. The molecule has 3 amide bonds. The number of carbonyl (C=O) groups excluding carboxylic acids is 4. The number of imide groups is 1. The van der Waals surface area contributed by atoms with E-state index in [2.05, 4.69) is 10.1 Å². The first-order valence-corrected chi connectivity index (χ1v) is 11.3. The van der Waals surface area contributed by atoms with Crippen molar-refractivity contribution in [2.75, 3.05) is 32.2 Å². The lowest BCUT2D eigenvalue weighted by molar-refractivity contribution is -0.143. The predicted octanol–water partition coefficient (Wildman–Crippen LogP) is 3.97. The van der Waals surface area contributed by atoms with E-state index in [1.807, 2.05) is 0 Å². The Morgan fingerprint density at radius 3 is 2.59 bits per heavy atom. The number of amides is 3. The van der Waals surface area contributed by atoms with Crippen molar-refractivity contribution in [2.45, 2.75) is 6.92 Å². The largest absolute Gasteiger partial charge is 0.490 e. The molecule has 11 heteroatoms.